The molecule has 1 unspecified atom stereocenters. The molecule has 0 spiro atoms. The number of hydrogen-bond acceptors (Lipinski definition) is 4. The van der Waals surface area contributed by atoms with Crippen molar-refractivity contribution in [2.45, 2.75) is 19.1 Å². The molecular weight excluding hydrogens is 240 g/mol. The van der Waals surface area contributed by atoms with Gasteiger partial charge in [0.1, 0.15) is 0 Å². The van der Waals surface area contributed by atoms with Gasteiger partial charge in [-0.2, -0.15) is 0 Å². The van der Waals surface area contributed by atoms with E-state index in [1.165, 1.54) is 11.1 Å². The van der Waals surface area contributed by atoms with Crippen LogP contribution >= 0.6 is 0 Å². The van der Waals surface area contributed by atoms with E-state index < -0.39 is 0 Å². The highest BCUT2D eigenvalue weighted by Crippen LogP contribution is 2.19. The minimum Gasteiger partial charge on any atom is -0.385 e. The fraction of sp³-hybridized carbons (Fsp3) is 0.600. The molecule has 0 saturated carbocycles. The van der Waals surface area contributed by atoms with Gasteiger partial charge in [-0.3, -0.25) is 4.90 Å². The van der Waals surface area contributed by atoms with Crippen LogP contribution in [0.5, 0.6) is 0 Å². The zero-order chi connectivity index (χ0) is 14.1. The summed E-state index contributed by atoms with van der Waals surface area (Å²) >= 11 is 0. The third-order valence-electron chi connectivity index (χ3n) is 3.29. The van der Waals surface area contributed by atoms with Crippen molar-refractivity contribution in [2.24, 2.45) is 5.73 Å². The largest absolute Gasteiger partial charge is 0.385 e. The zero-order valence-corrected chi connectivity index (χ0v) is 12.3. The van der Waals surface area contributed by atoms with Gasteiger partial charge in [0.2, 0.25) is 0 Å². The van der Waals surface area contributed by atoms with E-state index in [-0.39, 0.29) is 6.04 Å². The SMILES string of the molecule is COCCCN(C)C(CN)c1ccc(COC)cc1. The van der Waals surface area contributed by atoms with Crippen molar-refractivity contribution in [3.8, 4) is 0 Å². The first kappa shape index (κ1) is 16.1. The quantitative estimate of drug-likeness (QED) is 0.692. The molecule has 108 valence electrons. The van der Waals surface area contributed by atoms with E-state index in [0.29, 0.717) is 13.2 Å². The van der Waals surface area contributed by atoms with E-state index in [2.05, 4.69) is 36.2 Å². The standard InChI is InChI=1S/C15H26N2O2/c1-17(9-4-10-18-2)15(11-16)14-7-5-13(6-8-14)12-19-3/h5-8,15H,4,9-12,16H2,1-3H3. The highest BCUT2D eigenvalue weighted by atomic mass is 16.5. The Morgan fingerprint density at radius 3 is 2.37 bits per heavy atom. The maximum atomic E-state index is 5.91. The van der Waals surface area contributed by atoms with Gasteiger partial charge in [0.05, 0.1) is 6.61 Å². The Kier molecular flexibility index (Phi) is 7.67. The lowest BCUT2D eigenvalue weighted by Crippen LogP contribution is -2.31. The van der Waals surface area contributed by atoms with Crippen molar-refractivity contribution >= 4 is 0 Å². The summed E-state index contributed by atoms with van der Waals surface area (Å²) in [5.74, 6) is 0. The Hall–Kier alpha value is -0.940. The Balaban J connectivity index is 2.62. The summed E-state index contributed by atoms with van der Waals surface area (Å²) in [6.07, 6.45) is 1.02. The van der Waals surface area contributed by atoms with E-state index in [0.717, 1.165) is 19.6 Å². The molecule has 2 N–H and O–H groups in total. The Morgan fingerprint density at radius 1 is 1.16 bits per heavy atom. The van der Waals surface area contributed by atoms with Crippen molar-refractivity contribution < 1.29 is 9.47 Å². The molecule has 1 aromatic rings. The van der Waals surface area contributed by atoms with Gasteiger partial charge in [-0.15, -0.1) is 0 Å². The van der Waals surface area contributed by atoms with Crippen LogP contribution in [-0.4, -0.2) is 45.9 Å². The van der Waals surface area contributed by atoms with Crippen LogP contribution in [0.2, 0.25) is 0 Å². The molecule has 4 nitrogen and oxygen atoms in total. The van der Waals surface area contributed by atoms with Gasteiger partial charge in [0, 0.05) is 40.0 Å². The number of hydrogen-bond donors (Lipinski definition) is 1. The molecule has 0 amide bonds. The Labute approximate surface area is 116 Å². The summed E-state index contributed by atoms with van der Waals surface area (Å²) in [5, 5.41) is 0. The molecule has 0 bridgehead atoms. The maximum Gasteiger partial charge on any atom is 0.0713 e. The van der Waals surface area contributed by atoms with Gasteiger partial charge in [0.25, 0.3) is 0 Å². The normalized spacial score (nSPS) is 12.9. The first-order valence-corrected chi connectivity index (χ1v) is 6.70. The molecule has 0 aliphatic heterocycles. The lowest BCUT2D eigenvalue weighted by Gasteiger charge is -2.27. The third-order valence-corrected chi connectivity index (χ3v) is 3.29. The molecule has 0 aliphatic rings. The van der Waals surface area contributed by atoms with Gasteiger partial charge in [-0.25, -0.2) is 0 Å². The molecule has 1 rings (SSSR count). The van der Waals surface area contributed by atoms with Crippen molar-refractivity contribution in [1.82, 2.24) is 4.90 Å². The fourth-order valence-corrected chi connectivity index (χ4v) is 2.19. The van der Waals surface area contributed by atoms with Crippen LogP contribution in [0.15, 0.2) is 24.3 Å². The van der Waals surface area contributed by atoms with Crippen molar-refractivity contribution in [1.29, 1.82) is 0 Å². The summed E-state index contributed by atoms with van der Waals surface area (Å²) in [4.78, 5) is 2.28. The number of methoxy groups -OCH3 is 2. The topological polar surface area (TPSA) is 47.7 Å². The molecular formula is C15H26N2O2. The highest BCUT2D eigenvalue weighted by Gasteiger charge is 2.14. The Morgan fingerprint density at radius 2 is 1.84 bits per heavy atom. The molecule has 0 saturated heterocycles. The molecule has 1 atom stereocenters. The first-order chi connectivity index (χ1) is 9.22. The summed E-state index contributed by atoms with van der Waals surface area (Å²) in [7, 11) is 5.55. The monoisotopic (exact) mass is 266 g/mol. The fourth-order valence-electron chi connectivity index (χ4n) is 2.19. The molecule has 4 heteroatoms. The van der Waals surface area contributed by atoms with Crippen LogP contribution in [0.3, 0.4) is 0 Å². The Bertz CT molecular complexity index is 341. The number of rotatable bonds is 9. The molecule has 0 aliphatic carbocycles. The third kappa shape index (κ3) is 5.28. The van der Waals surface area contributed by atoms with Crippen LogP contribution in [-0.2, 0) is 16.1 Å². The average Bonchev–Trinajstić information content (AvgIpc) is 2.42. The van der Waals surface area contributed by atoms with E-state index in [9.17, 15) is 0 Å². The van der Waals surface area contributed by atoms with Crippen molar-refractivity contribution in [3.63, 3.8) is 0 Å². The predicted octanol–water partition coefficient (Wildman–Crippen LogP) is 1.80. The second-order valence-corrected chi connectivity index (χ2v) is 4.75. The summed E-state index contributed by atoms with van der Waals surface area (Å²) in [6.45, 7) is 3.04. The number of nitrogens with two attached hydrogens (primary N) is 1. The van der Waals surface area contributed by atoms with Crippen LogP contribution in [0, 0.1) is 0 Å². The van der Waals surface area contributed by atoms with Gasteiger partial charge in [0.15, 0.2) is 0 Å². The van der Waals surface area contributed by atoms with Crippen LogP contribution in [0.25, 0.3) is 0 Å². The molecule has 1 aromatic carbocycles. The van der Waals surface area contributed by atoms with E-state index >= 15 is 0 Å². The molecule has 0 fully saturated rings. The van der Waals surface area contributed by atoms with Gasteiger partial charge in [-0.05, 0) is 24.6 Å². The first-order valence-electron chi connectivity index (χ1n) is 6.70. The predicted molar refractivity (Wildman–Crippen MR) is 78.1 cm³/mol. The van der Waals surface area contributed by atoms with E-state index in [1.54, 1.807) is 14.2 Å². The molecule has 0 radical (unpaired) electrons. The van der Waals surface area contributed by atoms with E-state index in [4.69, 9.17) is 15.2 Å². The van der Waals surface area contributed by atoms with Crippen LogP contribution < -0.4 is 5.73 Å². The van der Waals surface area contributed by atoms with Crippen LogP contribution in [0.4, 0.5) is 0 Å². The van der Waals surface area contributed by atoms with Crippen LogP contribution in [0.1, 0.15) is 23.6 Å². The van der Waals surface area contributed by atoms with Gasteiger partial charge >= 0.3 is 0 Å². The lowest BCUT2D eigenvalue weighted by atomic mass is 10.0. The van der Waals surface area contributed by atoms with Crippen molar-refractivity contribution in [2.75, 3.05) is 41.0 Å². The maximum absolute atomic E-state index is 5.91. The molecule has 0 aromatic heterocycles. The van der Waals surface area contributed by atoms with Gasteiger partial charge in [-0.1, -0.05) is 24.3 Å². The molecule has 0 heterocycles. The number of nitrogens with zero attached hydrogens (tertiary/aromatic N) is 1. The summed E-state index contributed by atoms with van der Waals surface area (Å²) in [6, 6.07) is 8.74. The zero-order valence-electron chi connectivity index (χ0n) is 12.3. The van der Waals surface area contributed by atoms with E-state index in [1.807, 2.05) is 0 Å². The molecule has 19 heavy (non-hydrogen) atoms. The number of likely N-dealkylation sites (N-methyl/N-ethyl adjacent to an activating group) is 1. The number of benzene rings is 1. The lowest BCUT2D eigenvalue weighted by molar-refractivity contribution is 0.166. The minimum absolute atomic E-state index is 0.258. The smallest absolute Gasteiger partial charge is 0.0713 e. The second kappa shape index (κ2) is 9.04. The highest BCUT2D eigenvalue weighted by molar-refractivity contribution is 5.25. The minimum atomic E-state index is 0.258. The van der Waals surface area contributed by atoms with Crippen molar-refractivity contribution in [3.05, 3.63) is 35.4 Å². The van der Waals surface area contributed by atoms with Gasteiger partial charge < -0.3 is 15.2 Å². The summed E-state index contributed by atoms with van der Waals surface area (Å²) < 4.78 is 10.2. The second-order valence-electron chi connectivity index (χ2n) is 4.75. The summed E-state index contributed by atoms with van der Waals surface area (Å²) in [5.41, 5.74) is 8.35. The average molecular weight is 266 g/mol. The number of ether oxygens (including phenoxy) is 2.